The molecule has 22 heavy (non-hydrogen) atoms. The van der Waals surface area contributed by atoms with Crippen LogP contribution in [0.3, 0.4) is 0 Å². The van der Waals surface area contributed by atoms with Crippen LogP contribution in [0.1, 0.15) is 18.1 Å². The molecule has 7 nitrogen and oxygen atoms in total. The molecule has 0 radical (unpaired) electrons. The van der Waals surface area contributed by atoms with Gasteiger partial charge in [0.25, 0.3) is 0 Å². The monoisotopic (exact) mass is 342 g/mol. The van der Waals surface area contributed by atoms with Crippen molar-refractivity contribution in [3.63, 3.8) is 0 Å². The first-order valence-corrected chi connectivity index (χ1v) is 8.61. The zero-order chi connectivity index (χ0) is 15.7. The Kier molecular flexibility index (Phi) is 4.07. The van der Waals surface area contributed by atoms with E-state index in [1.165, 1.54) is 25.3 Å². The van der Waals surface area contributed by atoms with Gasteiger partial charge in [-0.1, -0.05) is 11.6 Å². The molecule has 0 aliphatic carbocycles. The number of nitrogens with zero attached hydrogens (tertiary/aromatic N) is 3. The van der Waals surface area contributed by atoms with E-state index in [1.807, 2.05) is 4.57 Å². The van der Waals surface area contributed by atoms with Crippen LogP contribution in [0.4, 0.5) is 0 Å². The van der Waals surface area contributed by atoms with Gasteiger partial charge in [0.2, 0.25) is 10.0 Å². The summed E-state index contributed by atoms with van der Waals surface area (Å²) in [4.78, 5) is 0.0828. The highest BCUT2D eigenvalue weighted by Crippen LogP contribution is 2.26. The molecule has 2 heterocycles. The number of benzene rings is 1. The minimum Gasteiger partial charge on any atom is -0.495 e. The molecule has 0 unspecified atom stereocenters. The Hall–Kier alpha value is -1.64. The van der Waals surface area contributed by atoms with Crippen molar-refractivity contribution >= 4 is 21.6 Å². The number of hydrogen-bond acceptors (Lipinski definition) is 5. The van der Waals surface area contributed by atoms with Crippen molar-refractivity contribution < 1.29 is 13.2 Å². The van der Waals surface area contributed by atoms with Gasteiger partial charge in [-0.05, 0) is 24.6 Å². The minimum atomic E-state index is -3.67. The van der Waals surface area contributed by atoms with Gasteiger partial charge >= 0.3 is 0 Å². The second-order valence-electron chi connectivity index (χ2n) is 4.91. The average Bonchev–Trinajstić information content (AvgIpc) is 3.08. The lowest BCUT2D eigenvalue weighted by Gasteiger charge is -2.09. The Balaban J connectivity index is 1.77. The molecule has 0 spiro atoms. The molecule has 118 valence electrons. The molecule has 2 aromatic rings. The molecule has 1 aromatic carbocycles. The molecule has 1 aliphatic rings. The van der Waals surface area contributed by atoms with E-state index >= 15 is 0 Å². The summed E-state index contributed by atoms with van der Waals surface area (Å²) in [7, 11) is -2.20. The summed E-state index contributed by atoms with van der Waals surface area (Å²) in [6, 6.07) is 4.32. The normalized spacial score (nSPS) is 14.1. The number of hydrogen-bond donors (Lipinski definition) is 1. The minimum absolute atomic E-state index is 0.0828. The molecule has 1 N–H and O–H groups in total. The molecular weight excluding hydrogens is 328 g/mol. The second kappa shape index (κ2) is 5.86. The van der Waals surface area contributed by atoms with Crippen molar-refractivity contribution in [2.45, 2.75) is 30.8 Å². The number of methoxy groups -OCH3 is 1. The number of rotatable bonds is 5. The molecule has 1 aromatic heterocycles. The van der Waals surface area contributed by atoms with E-state index in [0.717, 1.165) is 25.2 Å². The van der Waals surface area contributed by atoms with Gasteiger partial charge in [-0.15, -0.1) is 10.2 Å². The molecule has 0 saturated heterocycles. The van der Waals surface area contributed by atoms with Gasteiger partial charge in [0.05, 0.1) is 23.6 Å². The fourth-order valence-electron chi connectivity index (χ4n) is 2.40. The third-order valence-electron chi connectivity index (χ3n) is 3.54. The molecule has 0 fully saturated rings. The van der Waals surface area contributed by atoms with Gasteiger partial charge in [-0.3, -0.25) is 0 Å². The van der Waals surface area contributed by atoms with Crippen LogP contribution >= 0.6 is 11.6 Å². The van der Waals surface area contributed by atoms with E-state index in [9.17, 15) is 8.42 Å². The number of fused-ring (bicyclic) bond motifs is 1. The van der Waals surface area contributed by atoms with E-state index in [4.69, 9.17) is 16.3 Å². The maximum absolute atomic E-state index is 12.3. The van der Waals surface area contributed by atoms with Crippen LogP contribution in [-0.4, -0.2) is 30.3 Å². The van der Waals surface area contributed by atoms with Crippen LogP contribution < -0.4 is 9.46 Å². The van der Waals surface area contributed by atoms with E-state index < -0.39 is 10.0 Å². The highest BCUT2D eigenvalue weighted by molar-refractivity contribution is 7.89. The van der Waals surface area contributed by atoms with Gasteiger partial charge in [0.15, 0.2) is 0 Å². The molecule has 0 amide bonds. The number of aryl methyl sites for hydroxylation is 1. The number of sulfonamides is 1. The molecular formula is C13H15ClN4O3S. The third kappa shape index (κ3) is 2.81. The summed E-state index contributed by atoms with van der Waals surface area (Å²) in [6.45, 7) is 0.923. The van der Waals surface area contributed by atoms with Crippen LogP contribution in [0.5, 0.6) is 5.75 Å². The summed E-state index contributed by atoms with van der Waals surface area (Å²) in [5, 5.41) is 8.31. The SMILES string of the molecule is COc1ccc(S(=O)(=O)NCc2nnc3n2CCC3)cc1Cl. The molecule has 0 saturated carbocycles. The topological polar surface area (TPSA) is 86.1 Å². The first-order chi connectivity index (χ1) is 10.5. The van der Waals surface area contributed by atoms with Crippen LogP contribution in [0.15, 0.2) is 23.1 Å². The highest BCUT2D eigenvalue weighted by atomic mass is 35.5. The van der Waals surface area contributed by atoms with Gasteiger partial charge in [-0.25, -0.2) is 13.1 Å². The fraction of sp³-hybridized carbons (Fsp3) is 0.385. The molecule has 0 atom stereocenters. The van der Waals surface area contributed by atoms with Crippen LogP contribution in [0.25, 0.3) is 0 Å². The first-order valence-electron chi connectivity index (χ1n) is 6.75. The Bertz CT molecular complexity index is 804. The quantitative estimate of drug-likeness (QED) is 0.886. The number of nitrogens with one attached hydrogen (secondary N) is 1. The summed E-state index contributed by atoms with van der Waals surface area (Å²) in [5.41, 5.74) is 0. The average molecular weight is 343 g/mol. The Morgan fingerprint density at radius 2 is 2.23 bits per heavy atom. The predicted octanol–water partition coefficient (Wildman–Crippen LogP) is 1.36. The summed E-state index contributed by atoms with van der Waals surface area (Å²) in [6.07, 6.45) is 1.90. The summed E-state index contributed by atoms with van der Waals surface area (Å²) >= 11 is 5.97. The lowest BCUT2D eigenvalue weighted by molar-refractivity contribution is 0.414. The van der Waals surface area contributed by atoms with Gasteiger partial charge in [0, 0.05) is 13.0 Å². The van der Waals surface area contributed by atoms with E-state index in [2.05, 4.69) is 14.9 Å². The Morgan fingerprint density at radius 1 is 1.41 bits per heavy atom. The highest BCUT2D eigenvalue weighted by Gasteiger charge is 2.20. The van der Waals surface area contributed by atoms with Crippen molar-refractivity contribution in [1.29, 1.82) is 0 Å². The molecule has 3 rings (SSSR count). The molecule has 9 heteroatoms. The van der Waals surface area contributed by atoms with Crippen LogP contribution in [-0.2, 0) is 29.5 Å². The fourth-order valence-corrected chi connectivity index (χ4v) is 3.73. The van der Waals surface area contributed by atoms with Crippen molar-refractivity contribution in [3.05, 3.63) is 34.9 Å². The summed E-state index contributed by atoms with van der Waals surface area (Å²) in [5.74, 6) is 1.95. The first kappa shape index (κ1) is 15.3. The maximum Gasteiger partial charge on any atom is 0.241 e. The number of halogens is 1. The van der Waals surface area contributed by atoms with Gasteiger partial charge in [-0.2, -0.15) is 0 Å². The third-order valence-corrected chi connectivity index (χ3v) is 5.23. The van der Waals surface area contributed by atoms with Crippen molar-refractivity contribution in [2.24, 2.45) is 0 Å². The molecule has 1 aliphatic heterocycles. The smallest absolute Gasteiger partial charge is 0.241 e. The maximum atomic E-state index is 12.3. The second-order valence-corrected chi connectivity index (χ2v) is 7.08. The van der Waals surface area contributed by atoms with E-state index in [1.54, 1.807) is 0 Å². The standard InChI is InChI=1S/C13H15ClN4O3S/c1-21-11-5-4-9(7-10(11)14)22(19,20)15-8-13-17-16-12-3-2-6-18(12)13/h4-5,7,15H,2-3,6,8H2,1H3. The van der Waals surface area contributed by atoms with E-state index in [0.29, 0.717) is 11.6 Å². The van der Waals surface area contributed by atoms with Crippen molar-refractivity contribution in [3.8, 4) is 5.75 Å². The van der Waals surface area contributed by atoms with Gasteiger partial charge in [0.1, 0.15) is 17.4 Å². The predicted molar refractivity (Wildman–Crippen MR) is 80.4 cm³/mol. The van der Waals surface area contributed by atoms with Gasteiger partial charge < -0.3 is 9.30 Å². The lowest BCUT2D eigenvalue weighted by atomic mass is 10.3. The zero-order valence-electron chi connectivity index (χ0n) is 11.9. The Labute approximate surface area is 133 Å². The van der Waals surface area contributed by atoms with Crippen molar-refractivity contribution in [1.82, 2.24) is 19.5 Å². The number of ether oxygens (including phenoxy) is 1. The van der Waals surface area contributed by atoms with Crippen LogP contribution in [0, 0.1) is 0 Å². The van der Waals surface area contributed by atoms with E-state index in [-0.39, 0.29) is 16.5 Å². The van der Waals surface area contributed by atoms with Crippen LogP contribution in [0.2, 0.25) is 5.02 Å². The number of aromatic nitrogens is 3. The molecule has 0 bridgehead atoms. The largest absolute Gasteiger partial charge is 0.495 e. The zero-order valence-corrected chi connectivity index (χ0v) is 13.5. The lowest BCUT2D eigenvalue weighted by Crippen LogP contribution is -2.25. The van der Waals surface area contributed by atoms with Crippen molar-refractivity contribution in [2.75, 3.05) is 7.11 Å². The summed E-state index contributed by atoms with van der Waals surface area (Å²) < 4.78 is 34.1. The Morgan fingerprint density at radius 3 is 2.95 bits per heavy atom.